The molecule has 0 aromatic rings. The fraction of sp³-hybridized carbons (Fsp3) is 0.882. The molecular formula is C17H32N4O3. The lowest BCUT2D eigenvalue weighted by molar-refractivity contribution is -0.128. The maximum atomic E-state index is 12.9. The molecular weight excluding hydrogens is 308 g/mol. The first-order valence-corrected chi connectivity index (χ1v) is 9.10. The lowest BCUT2D eigenvalue weighted by atomic mass is 9.79. The number of methoxy groups -OCH3 is 1. The fourth-order valence-corrected chi connectivity index (χ4v) is 3.88. The van der Waals surface area contributed by atoms with Gasteiger partial charge in [0.25, 0.3) is 0 Å². The van der Waals surface area contributed by atoms with Gasteiger partial charge in [-0.3, -0.25) is 4.79 Å². The summed E-state index contributed by atoms with van der Waals surface area (Å²) in [4.78, 5) is 24.8. The Kier molecular flexibility index (Phi) is 6.86. The zero-order valence-corrected chi connectivity index (χ0v) is 15.0. The van der Waals surface area contributed by atoms with E-state index in [1.807, 2.05) is 6.92 Å². The Bertz CT molecular complexity index is 424. The summed E-state index contributed by atoms with van der Waals surface area (Å²) >= 11 is 0. The third-order valence-corrected chi connectivity index (χ3v) is 5.32. The zero-order valence-electron chi connectivity index (χ0n) is 15.0. The monoisotopic (exact) mass is 340 g/mol. The minimum absolute atomic E-state index is 0.0128. The van der Waals surface area contributed by atoms with Crippen LogP contribution in [0.4, 0.5) is 4.79 Å². The van der Waals surface area contributed by atoms with Gasteiger partial charge < -0.3 is 26.0 Å². The number of amides is 3. The van der Waals surface area contributed by atoms with Gasteiger partial charge in [0, 0.05) is 25.6 Å². The molecule has 2 fully saturated rings. The van der Waals surface area contributed by atoms with E-state index in [1.165, 1.54) is 0 Å². The molecule has 1 heterocycles. The maximum Gasteiger partial charge on any atom is 0.315 e. The van der Waals surface area contributed by atoms with Crippen LogP contribution in [0.25, 0.3) is 0 Å². The van der Waals surface area contributed by atoms with Crippen molar-refractivity contribution in [2.75, 3.05) is 39.9 Å². The van der Waals surface area contributed by atoms with Gasteiger partial charge in [-0.1, -0.05) is 12.8 Å². The molecule has 0 spiro atoms. The second-order valence-electron chi connectivity index (χ2n) is 7.14. The van der Waals surface area contributed by atoms with Crippen LogP contribution in [0.5, 0.6) is 0 Å². The van der Waals surface area contributed by atoms with Gasteiger partial charge in [0.05, 0.1) is 6.61 Å². The highest BCUT2D eigenvalue weighted by Crippen LogP contribution is 2.32. The molecule has 0 bridgehead atoms. The van der Waals surface area contributed by atoms with Crippen molar-refractivity contribution in [2.24, 2.45) is 5.41 Å². The van der Waals surface area contributed by atoms with Crippen LogP contribution >= 0.6 is 0 Å². The highest BCUT2D eigenvalue weighted by atomic mass is 16.5. The summed E-state index contributed by atoms with van der Waals surface area (Å²) in [5.74, 6) is -0.0553. The van der Waals surface area contributed by atoms with E-state index in [-0.39, 0.29) is 17.4 Å². The number of rotatable bonds is 7. The summed E-state index contributed by atoms with van der Waals surface area (Å²) in [6.45, 7) is 5.55. The van der Waals surface area contributed by atoms with E-state index in [2.05, 4.69) is 21.3 Å². The Hall–Kier alpha value is -1.34. The van der Waals surface area contributed by atoms with Gasteiger partial charge in [-0.05, 0) is 45.7 Å². The summed E-state index contributed by atoms with van der Waals surface area (Å²) in [5, 5.41) is 12.1. The Labute approximate surface area is 144 Å². The summed E-state index contributed by atoms with van der Waals surface area (Å²) in [5.41, 5.74) is -0.776. The molecule has 24 heavy (non-hydrogen) atoms. The molecule has 0 unspecified atom stereocenters. The van der Waals surface area contributed by atoms with E-state index >= 15 is 0 Å². The molecule has 1 aliphatic carbocycles. The molecule has 1 saturated heterocycles. The smallest absolute Gasteiger partial charge is 0.315 e. The third kappa shape index (κ3) is 4.60. The Morgan fingerprint density at radius 3 is 2.33 bits per heavy atom. The van der Waals surface area contributed by atoms with Crippen molar-refractivity contribution in [1.82, 2.24) is 21.3 Å². The average molecular weight is 340 g/mol. The lowest BCUT2D eigenvalue weighted by Gasteiger charge is -2.38. The second kappa shape index (κ2) is 8.67. The summed E-state index contributed by atoms with van der Waals surface area (Å²) < 4.78 is 5.41. The van der Waals surface area contributed by atoms with Gasteiger partial charge in [-0.2, -0.15) is 0 Å². The third-order valence-electron chi connectivity index (χ3n) is 5.32. The molecule has 7 heteroatoms. The largest absolute Gasteiger partial charge is 0.384 e. The van der Waals surface area contributed by atoms with Crippen molar-refractivity contribution in [1.29, 1.82) is 0 Å². The van der Waals surface area contributed by atoms with E-state index < -0.39 is 5.54 Å². The van der Waals surface area contributed by atoms with Crippen LogP contribution in [0.2, 0.25) is 0 Å². The van der Waals surface area contributed by atoms with Crippen LogP contribution in [0.15, 0.2) is 0 Å². The summed E-state index contributed by atoms with van der Waals surface area (Å²) in [6, 6.07) is -0.261. The number of nitrogens with one attached hydrogen (secondary N) is 4. The summed E-state index contributed by atoms with van der Waals surface area (Å²) in [6.07, 6.45) is 5.30. The van der Waals surface area contributed by atoms with Crippen LogP contribution in [-0.2, 0) is 9.53 Å². The molecule has 7 nitrogen and oxygen atoms in total. The Balaban J connectivity index is 1.98. The van der Waals surface area contributed by atoms with Gasteiger partial charge in [-0.15, -0.1) is 0 Å². The van der Waals surface area contributed by atoms with Crippen molar-refractivity contribution in [3.8, 4) is 0 Å². The summed E-state index contributed by atoms with van der Waals surface area (Å²) in [7, 11) is 1.71. The van der Waals surface area contributed by atoms with Crippen LogP contribution in [-0.4, -0.2) is 57.4 Å². The van der Waals surface area contributed by atoms with Crippen molar-refractivity contribution in [3.63, 3.8) is 0 Å². The first-order chi connectivity index (χ1) is 11.6. The standard InChI is InChI=1S/C17H32N4O3/c1-3-19-15(23)21-17(6-4-5-7-17)14(22)20-12-16(13-24-2)8-10-18-11-9-16/h18H,3-13H2,1-2H3,(H,20,22)(H2,19,21,23). The zero-order chi connectivity index (χ0) is 17.5. The van der Waals surface area contributed by atoms with Crippen LogP contribution < -0.4 is 21.3 Å². The minimum Gasteiger partial charge on any atom is -0.384 e. The number of urea groups is 1. The number of hydrogen-bond donors (Lipinski definition) is 4. The first kappa shape index (κ1) is 19.0. The highest BCUT2D eigenvalue weighted by Gasteiger charge is 2.43. The van der Waals surface area contributed by atoms with Crippen LogP contribution in [0, 0.1) is 5.41 Å². The topological polar surface area (TPSA) is 91.5 Å². The normalized spacial score (nSPS) is 21.9. The van der Waals surface area contributed by atoms with E-state index in [0.29, 0.717) is 32.5 Å². The number of carbonyl (C=O) groups is 2. The molecule has 0 aromatic heterocycles. The number of ether oxygens (including phenoxy) is 1. The molecule has 2 aliphatic rings. The number of piperidine rings is 1. The Morgan fingerprint density at radius 1 is 1.08 bits per heavy atom. The molecule has 4 N–H and O–H groups in total. The first-order valence-electron chi connectivity index (χ1n) is 9.10. The van der Waals surface area contributed by atoms with Gasteiger partial charge in [-0.25, -0.2) is 4.79 Å². The number of hydrogen-bond acceptors (Lipinski definition) is 4. The molecule has 0 atom stereocenters. The minimum atomic E-state index is -0.763. The molecule has 0 aromatic carbocycles. The fourth-order valence-electron chi connectivity index (χ4n) is 3.88. The van der Waals surface area contributed by atoms with E-state index in [4.69, 9.17) is 4.74 Å². The Morgan fingerprint density at radius 2 is 1.75 bits per heavy atom. The van der Waals surface area contributed by atoms with Crippen molar-refractivity contribution < 1.29 is 14.3 Å². The molecule has 3 amide bonds. The maximum absolute atomic E-state index is 12.9. The predicted molar refractivity (Wildman–Crippen MR) is 92.8 cm³/mol. The second-order valence-corrected chi connectivity index (χ2v) is 7.14. The molecule has 1 aliphatic heterocycles. The van der Waals surface area contributed by atoms with E-state index in [9.17, 15) is 9.59 Å². The number of carbonyl (C=O) groups excluding carboxylic acids is 2. The van der Waals surface area contributed by atoms with Crippen molar-refractivity contribution >= 4 is 11.9 Å². The highest BCUT2D eigenvalue weighted by molar-refractivity contribution is 5.91. The average Bonchev–Trinajstić information content (AvgIpc) is 3.04. The van der Waals surface area contributed by atoms with E-state index in [1.54, 1.807) is 7.11 Å². The lowest BCUT2D eigenvalue weighted by Crippen LogP contribution is -2.60. The van der Waals surface area contributed by atoms with Gasteiger partial charge in [0.2, 0.25) is 5.91 Å². The molecule has 1 saturated carbocycles. The molecule has 138 valence electrons. The van der Waals surface area contributed by atoms with Crippen LogP contribution in [0.1, 0.15) is 45.4 Å². The van der Waals surface area contributed by atoms with Crippen molar-refractivity contribution in [3.05, 3.63) is 0 Å². The quantitative estimate of drug-likeness (QED) is 0.550. The van der Waals surface area contributed by atoms with Crippen LogP contribution in [0.3, 0.4) is 0 Å². The predicted octanol–water partition coefficient (Wildman–Crippen LogP) is 0.751. The molecule has 2 rings (SSSR count). The van der Waals surface area contributed by atoms with Gasteiger partial charge in [0.15, 0.2) is 0 Å². The SMILES string of the molecule is CCNC(=O)NC1(C(=O)NCC2(COC)CCNCC2)CCCC1. The van der Waals surface area contributed by atoms with Gasteiger partial charge in [0.1, 0.15) is 5.54 Å². The van der Waals surface area contributed by atoms with Gasteiger partial charge >= 0.3 is 6.03 Å². The van der Waals surface area contributed by atoms with Crippen molar-refractivity contribution in [2.45, 2.75) is 51.0 Å². The van der Waals surface area contributed by atoms with E-state index in [0.717, 1.165) is 38.8 Å². The molecule has 0 radical (unpaired) electrons.